The van der Waals surface area contributed by atoms with Gasteiger partial charge in [-0.1, -0.05) is 12.1 Å². The van der Waals surface area contributed by atoms with Crippen LogP contribution in [0.15, 0.2) is 22.7 Å². The average molecular weight is 325 g/mol. The maximum Gasteiger partial charge on any atom is 0.134 e. The highest BCUT2D eigenvalue weighted by Gasteiger charge is 2.29. The van der Waals surface area contributed by atoms with Gasteiger partial charge in [0.2, 0.25) is 0 Å². The van der Waals surface area contributed by atoms with Crippen molar-refractivity contribution in [2.24, 2.45) is 0 Å². The van der Waals surface area contributed by atoms with Gasteiger partial charge in [0.25, 0.3) is 0 Å². The number of halogens is 1. The minimum absolute atomic E-state index is 0.395. The van der Waals surface area contributed by atoms with Crippen molar-refractivity contribution in [1.82, 2.24) is 9.80 Å². The molecule has 0 aromatic heterocycles. The second-order valence-electron chi connectivity index (χ2n) is 5.67. The number of rotatable bonds is 3. The van der Waals surface area contributed by atoms with Crippen molar-refractivity contribution >= 4 is 15.9 Å². The molecular formula is C15H21BrN2O. The molecule has 0 saturated carbocycles. The highest BCUT2D eigenvalue weighted by atomic mass is 79.9. The lowest BCUT2D eigenvalue weighted by Crippen LogP contribution is -2.35. The van der Waals surface area contributed by atoms with Gasteiger partial charge in [-0.3, -0.25) is 9.80 Å². The van der Waals surface area contributed by atoms with E-state index < -0.39 is 0 Å². The normalized spacial score (nSPS) is 25.2. The summed E-state index contributed by atoms with van der Waals surface area (Å²) in [4.78, 5) is 5.10. The summed E-state index contributed by atoms with van der Waals surface area (Å²) in [5, 5.41) is 10.1. The number of phenols is 1. The molecule has 1 N–H and O–H groups in total. The van der Waals surface area contributed by atoms with E-state index in [0.29, 0.717) is 5.75 Å². The van der Waals surface area contributed by atoms with Crippen LogP contribution in [-0.4, -0.2) is 47.1 Å². The van der Waals surface area contributed by atoms with Gasteiger partial charge in [-0.25, -0.2) is 0 Å². The standard InChI is InChI=1S/C15H21BrN2O/c16-14-5-3-4-12(15(14)19)10-17-9-6-13(11-17)18-7-1-2-8-18/h3-5,13,19H,1-2,6-11H2. The molecule has 1 aromatic carbocycles. The van der Waals surface area contributed by atoms with Crippen molar-refractivity contribution in [3.63, 3.8) is 0 Å². The molecule has 0 aliphatic carbocycles. The van der Waals surface area contributed by atoms with E-state index in [1.54, 1.807) is 0 Å². The maximum absolute atomic E-state index is 10.1. The van der Waals surface area contributed by atoms with Gasteiger partial charge in [-0.15, -0.1) is 0 Å². The number of benzene rings is 1. The second-order valence-corrected chi connectivity index (χ2v) is 6.52. The molecule has 2 aliphatic heterocycles. The smallest absolute Gasteiger partial charge is 0.134 e. The first-order chi connectivity index (χ1) is 9.24. The summed E-state index contributed by atoms with van der Waals surface area (Å²) in [7, 11) is 0. The molecule has 4 heteroatoms. The summed E-state index contributed by atoms with van der Waals surface area (Å²) >= 11 is 3.38. The van der Waals surface area contributed by atoms with Crippen molar-refractivity contribution < 1.29 is 5.11 Å². The van der Waals surface area contributed by atoms with E-state index in [9.17, 15) is 5.11 Å². The van der Waals surface area contributed by atoms with Gasteiger partial charge >= 0.3 is 0 Å². The van der Waals surface area contributed by atoms with Gasteiger partial charge in [-0.05, 0) is 54.3 Å². The van der Waals surface area contributed by atoms with Crippen molar-refractivity contribution in [3.8, 4) is 5.75 Å². The van der Waals surface area contributed by atoms with Crippen molar-refractivity contribution in [1.29, 1.82) is 0 Å². The summed E-state index contributed by atoms with van der Waals surface area (Å²) < 4.78 is 0.792. The highest BCUT2D eigenvalue weighted by molar-refractivity contribution is 9.10. The van der Waals surface area contributed by atoms with Gasteiger partial charge in [0.15, 0.2) is 0 Å². The first-order valence-electron chi connectivity index (χ1n) is 7.17. The molecule has 1 aromatic rings. The highest BCUT2D eigenvalue weighted by Crippen LogP contribution is 2.30. The number of likely N-dealkylation sites (tertiary alicyclic amines) is 2. The van der Waals surface area contributed by atoms with E-state index in [4.69, 9.17) is 0 Å². The minimum atomic E-state index is 0.395. The molecule has 2 saturated heterocycles. The van der Waals surface area contributed by atoms with Crippen LogP contribution in [0.4, 0.5) is 0 Å². The Kier molecular flexibility index (Phi) is 4.10. The Labute approximate surface area is 123 Å². The Morgan fingerprint density at radius 2 is 2.00 bits per heavy atom. The van der Waals surface area contributed by atoms with Gasteiger partial charge in [0.1, 0.15) is 5.75 Å². The zero-order chi connectivity index (χ0) is 13.2. The summed E-state index contributed by atoms with van der Waals surface area (Å²) in [6, 6.07) is 6.63. The third kappa shape index (κ3) is 2.96. The molecule has 2 heterocycles. The molecule has 2 aliphatic rings. The average Bonchev–Trinajstić information content (AvgIpc) is 3.05. The largest absolute Gasteiger partial charge is 0.506 e. The fourth-order valence-corrected chi connectivity index (χ4v) is 3.70. The van der Waals surface area contributed by atoms with Crippen LogP contribution in [0.3, 0.4) is 0 Å². The van der Waals surface area contributed by atoms with E-state index >= 15 is 0 Å². The molecule has 1 unspecified atom stereocenters. The first-order valence-corrected chi connectivity index (χ1v) is 7.96. The zero-order valence-corrected chi connectivity index (χ0v) is 12.8. The number of hydrogen-bond donors (Lipinski definition) is 1. The molecule has 0 spiro atoms. The molecular weight excluding hydrogens is 304 g/mol. The van der Waals surface area contributed by atoms with Crippen LogP contribution < -0.4 is 0 Å². The number of phenolic OH excluding ortho intramolecular Hbond substituents is 1. The molecule has 1 atom stereocenters. The quantitative estimate of drug-likeness (QED) is 0.926. The van der Waals surface area contributed by atoms with Gasteiger partial charge in [-0.2, -0.15) is 0 Å². The van der Waals surface area contributed by atoms with E-state index in [1.165, 1.54) is 32.4 Å². The Morgan fingerprint density at radius 1 is 1.21 bits per heavy atom. The molecule has 0 bridgehead atoms. The Bertz CT molecular complexity index is 446. The Hall–Kier alpha value is -0.580. The fraction of sp³-hybridized carbons (Fsp3) is 0.600. The van der Waals surface area contributed by atoms with Crippen LogP contribution in [0.2, 0.25) is 0 Å². The number of hydrogen-bond acceptors (Lipinski definition) is 3. The molecule has 2 fully saturated rings. The van der Waals surface area contributed by atoms with Gasteiger partial charge in [0, 0.05) is 31.2 Å². The summed E-state index contributed by atoms with van der Waals surface area (Å²) in [5.41, 5.74) is 1.02. The summed E-state index contributed by atoms with van der Waals surface area (Å²) in [5.74, 6) is 0.395. The molecule has 3 rings (SSSR count). The predicted molar refractivity (Wildman–Crippen MR) is 80.3 cm³/mol. The van der Waals surface area contributed by atoms with Crippen LogP contribution in [-0.2, 0) is 6.54 Å². The SMILES string of the molecule is Oc1c(Br)cccc1CN1CCC(N2CCCC2)C1. The van der Waals surface area contributed by atoms with E-state index in [0.717, 1.165) is 35.7 Å². The molecule has 0 amide bonds. The van der Waals surface area contributed by atoms with Crippen molar-refractivity contribution in [3.05, 3.63) is 28.2 Å². The zero-order valence-electron chi connectivity index (χ0n) is 11.2. The van der Waals surface area contributed by atoms with Crippen molar-refractivity contribution in [2.45, 2.75) is 31.8 Å². The molecule has 0 radical (unpaired) electrons. The molecule has 3 nitrogen and oxygen atoms in total. The number of aromatic hydroxyl groups is 1. The summed E-state index contributed by atoms with van der Waals surface area (Å²) in [6.07, 6.45) is 4.00. The lowest BCUT2D eigenvalue weighted by Gasteiger charge is -2.23. The Morgan fingerprint density at radius 3 is 2.79 bits per heavy atom. The number of para-hydroxylation sites is 1. The van der Waals surface area contributed by atoms with E-state index in [1.807, 2.05) is 18.2 Å². The van der Waals surface area contributed by atoms with Crippen LogP contribution >= 0.6 is 15.9 Å². The monoisotopic (exact) mass is 324 g/mol. The second kappa shape index (κ2) is 5.81. The van der Waals surface area contributed by atoms with Crippen molar-refractivity contribution in [2.75, 3.05) is 26.2 Å². The van der Waals surface area contributed by atoms with Crippen LogP contribution in [0, 0.1) is 0 Å². The topological polar surface area (TPSA) is 26.7 Å². The lowest BCUT2D eigenvalue weighted by atomic mass is 10.2. The van der Waals surface area contributed by atoms with Crippen LogP contribution in [0.5, 0.6) is 5.75 Å². The summed E-state index contributed by atoms with van der Waals surface area (Å²) in [6.45, 7) is 5.70. The predicted octanol–water partition coefficient (Wildman–Crippen LogP) is 2.82. The maximum atomic E-state index is 10.1. The lowest BCUT2D eigenvalue weighted by molar-refractivity contribution is 0.229. The minimum Gasteiger partial charge on any atom is -0.506 e. The van der Waals surface area contributed by atoms with E-state index in [-0.39, 0.29) is 0 Å². The van der Waals surface area contributed by atoms with Crippen LogP contribution in [0.25, 0.3) is 0 Å². The van der Waals surface area contributed by atoms with Gasteiger partial charge < -0.3 is 5.11 Å². The Balaban J connectivity index is 1.60. The third-order valence-electron chi connectivity index (χ3n) is 4.37. The van der Waals surface area contributed by atoms with E-state index in [2.05, 4.69) is 25.7 Å². The fourth-order valence-electron chi connectivity index (χ4n) is 3.29. The third-order valence-corrected chi connectivity index (χ3v) is 5.01. The van der Waals surface area contributed by atoms with Gasteiger partial charge in [0.05, 0.1) is 4.47 Å². The van der Waals surface area contributed by atoms with Crippen LogP contribution in [0.1, 0.15) is 24.8 Å². The number of nitrogens with zero attached hydrogens (tertiary/aromatic N) is 2. The molecule has 104 valence electrons. The first kappa shape index (κ1) is 13.4. The molecule has 19 heavy (non-hydrogen) atoms.